The van der Waals surface area contributed by atoms with Gasteiger partial charge >= 0.3 is 0 Å². The minimum atomic E-state index is -0.477. The molecule has 0 saturated heterocycles. The molecule has 0 saturated carbocycles. The number of rotatable bonds is 3. The van der Waals surface area contributed by atoms with E-state index in [4.69, 9.17) is 5.41 Å². The molecule has 0 aliphatic carbocycles. The average Bonchev–Trinajstić information content (AvgIpc) is 3.34. The number of aliphatic imine (C=N–C) groups is 1. The highest BCUT2D eigenvalue weighted by Gasteiger charge is 2.36. The zero-order chi connectivity index (χ0) is 24.1. The van der Waals surface area contributed by atoms with Gasteiger partial charge in [-0.2, -0.15) is 15.1 Å². The highest BCUT2D eigenvalue weighted by Crippen LogP contribution is 2.32. The normalized spacial score (nSPS) is 16.7. The van der Waals surface area contributed by atoms with E-state index in [0.29, 0.717) is 15.8 Å². The van der Waals surface area contributed by atoms with Gasteiger partial charge < -0.3 is 4.57 Å². The van der Waals surface area contributed by atoms with Crippen LogP contribution in [0.4, 0.5) is 4.39 Å². The monoisotopic (exact) mass is 471 g/mol. The molecule has 0 spiro atoms. The summed E-state index contributed by atoms with van der Waals surface area (Å²) in [5.41, 5.74) is 7.20. The zero-order valence-corrected chi connectivity index (χ0v) is 20.0. The van der Waals surface area contributed by atoms with Crippen molar-refractivity contribution in [2.75, 3.05) is 0 Å². The number of hydrogen-bond donors (Lipinski definition) is 1. The summed E-state index contributed by atoms with van der Waals surface area (Å²) in [5, 5.41) is 15.4. The van der Waals surface area contributed by atoms with Crippen molar-refractivity contribution in [1.82, 2.24) is 9.58 Å². The molecule has 0 unspecified atom stereocenters. The Bertz CT molecular complexity index is 1460. The van der Waals surface area contributed by atoms with Gasteiger partial charge in [0.15, 0.2) is 5.84 Å². The number of hydrogen-bond acceptors (Lipinski definition) is 4. The van der Waals surface area contributed by atoms with Crippen LogP contribution in [0.5, 0.6) is 0 Å². The van der Waals surface area contributed by atoms with Gasteiger partial charge in [0.05, 0.1) is 5.57 Å². The van der Waals surface area contributed by atoms with Crippen molar-refractivity contribution in [2.45, 2.75) is 27.7 Å². The third-order valence-electron chi connectivity index (χ3n) is 6.06. The minimum absolute atomic E-state index is 0.0319. The molecule has 3 aromatic rings. The number of benzene rings is 2. The number of hydrazone groups is 1. The number of aryl methyl sites for hydroxylation is 3. The Hall–Kier alpha value is -3.78. The number of aromatic nitrogens is 1. The van der Waals surface area contributed by atoms with Crippen LogP contribution >= 0.6 is 11.8 Å². The summed E-state index contributed by atoms with van der Waals surface area (Å²) in [6, 6.07) is 14.3. The van der Waals surface area contributed by atoms with E-state index in [-0.39, 0.29) is 17.2 Å². The van der Waals surface area contributed by atoms with Crippen molar-refractivity contribution in [3.63, 3.8) is 0 Å². The van der Waals surface area contributed by atoms with Crippen LogP contribution in [0.1, 0.15) is 33.6 Å². The van der Waals surface area contributed by atoms with Crippen LogP contribution < -0.4 is 0 Å². The van der Waals surface area contributed by atoms with Crippen molar-refractivity contribution < 1.29 is 9.18 Å². The predicted molar refractivity (Wildman–Crippen MR) is 135 cm³/mol. The van der Waals surface area contributed by atoms with Gasteiger partial charge in [-0.1, -0.05) is 6.07 Å². The number of thioether (sulfide) groups is 1. The van der Waals surface area contributed by atoms with Crippen molar-refractivity contribution in [2.24, 2.45) is 10.1 Å². The van der Waals surface area contributed by atoms with E-state index in [0.717, 1.165) is 22.6 Å². The van der Waals surface area contributed by atoms with Gasteiger partial charge in [0, 0.05) is 22.6 Å². The molecular weight excluding hydrogens is 449 g/mol. The maximum Gasteiger partial charge on any atom is 0.283 e. The van der Waals surface area contributed by atoms with Gasteiger partial charge in [-0.05, 0) is 105 Å². The Morgan fingerprint density at radius 3 is 2.44 bits per heavy atom. The number of nitrogens with one attached hydrogen (secondary N) is 1. The second-order valence-corrected chi connectivity index (χ2v) is 9.32. The largest absolute Gasteiger partial charge is 0.318 e. The van der Waals surface area contributed by atoms with E-state index >= 15 is 0 Å². The summed E-state index contributed by atoms with van der Waals surface area (Å²) >= 11 is 1.19. The van der Waals surface area contributed by atoms with Crippen molar-refractivity contribution in [3.05, 3.63) is 93.6 Å². The number of amides is 1. The van der Waals surface area contributed by atoms with Crippen LogP contribution in [0, 0.1) is 38.9 Å². The molecule has 2 aliphatic rings. The van der Waals surface area contributed by atoms with E-state index in [1.54, 1.807) is 18.2 Å². The van der Waals surface area contributed by atoms with Crippen LogP contribution in [0.15, 0.2) is 64.2 Å². The molecule has 2 aliphatic heterocycles. The highest BCUT2D eigenvalue weighted by atomic mass is 32.2. The lowest BCUT2D eigenvalue weighted by molar-refractivity contribution is -0.114. The minimum Gasteiger partial charge on any atom is -0.318 e. The fourth-order valence-electron chi connectivity index (χ4n) is 4.05. The zero-order valence-electron chi connectivity index (χ0n) is 19.2. The molecular formula is C26H22FN5OS. The Kier molecular flexibility index (Phi) is 5.32. The predicted octanol–water partition coefficient (Wildman–Crippen LogP) is 5.52. The molecule has 6 nitrogen and oxygen atoms in total. The van der Waals surface area contributed by atoms with Crippen LogP contribution in [-0.2, 0) is 4.79 Å². The summed E-state index contributed by atoms with van der Waals surface area (Å²) in [4.78, 5) is 17.0. The first kappa shape index (κ1) is 22.0. The molecule has 34 heavy (non-hydrogen) atoms. The standard InChI is InChI=1S/C26H22FN5OS/c1-14-5-10-21(11-15(14)2)31-16(3)12-19(17(31)4)13-22-23(28)32-26(29-24(22)33)34-25(30-32)18-6-8-20(27)9-7-18/h5-13,28H,1-4H3/b22-13+,28-23?. The quantitative estimate of drug-likeness (QED) is 0.512. The first-order valence-corrected chi connectivity index (χ1v) is 11.6. The lowest BCUT2D eigenvalue weighted by atomic mass is 10.1. The number of fused-ring (bicyclic) bond motifs is 1. The van der Waals surface area contributed by atoms with E-state index in [2.05, 4.69) is 46.7 Å². The lowest BCUT2D eigenvalue weighted by Crippen LogP contribution is -2.35. The van der Waals surface area contributed by atoms with E-state index < -0.39 is 5.91 Å². The SMILES string of the molecule is Cc1ccc(-n2c(C)cc(/C=C3\C(=N)N4N=C(c5ccc(F)cc5)SC4=NC3=O)c2C)cc1C. The maximum absolute atomic E-state index is 13.3. The van der Waals surface area contributed by atoms with E-state index in [9.17, 15) is 9.18 Å². The number of halogens is 1. The molecule has 1 amide bonds. The van der Waals surface area contributed by atoms with Gasteiger partial charge in [0.25, 0.3) is 5.91 Å². The molecule has 1 N–H and O–H groups in total. The van der Waals surface area contributed by atoms with Crippen molar-refractivity contribution in [1.29, 1.82) is 5.41 Å². The number of nitrogens with zero attached hydrogens (tertiary/aromatic N) is 4. The van der Waals surface area contributed by atoms with Crippen LogP contribution in [0.2, 0.25) is 0 Å². The Balaban J connectivity index is 1.51. The molecule has 5 rings (SSSR count). The molecule has 1 aromatic heterocycles. The van der Waals surface area contributed by atoms with Crippen LogP contribution in [0.3, 0.4) is 0 Å². The van der Waals surface area contributed by atoms with Crippen molar-refractivity contribution >= 4 is 39.8 Å². The molecule has 0 bridgehead atoms. The Morgan fingerprint density at radius 2 is 1.74 bits per heavy atom. The third-order valence-corrected chi connectivity index (χ3v) is 7.02. The summed E-state index contributed by atoms with van der Waals surface area (Å²) < 4.78 is 15.4. The third kappa shape index (κ3) is 3.70. The first-order valence-electron chi connectivity index (χ1n) is 10.8. The number of carbonyl (C=O) groups is 1. The van der Waals surface area contributed by atoms with Gasteiger partial charge in [-0.25, -0.2) is 4.39 Å². The fourth-order valence-corrected chi connectivity index (χ4v) is 4.95. The Morgan fingerprint density at radius 1 is 1.00 bits per heavy atom. The van der Waals surface area contributed by atoms with Gasteiger partial charge in [0.2, 0.25) is 5.17 Å². The van der Waals surface area contributed by atoms with Crippen LogP contribution in [-0.4, -0.2) is 31.5 Å². The molecule has 3 heterocycles. The Labute approximate surface area is 201 Å². The summed E-state index contributed by atoms with van der Waals surface area (Å²) in [6.07, 6.45) is 1.71. The highest BCUT2D eigenvalue weighted by molar-refractivity contribution is 8.27. The smallest absolute Gasteiger partial charge is 0.283 e. The van der Waals surface area contributed by atoms with E-state index in [1.807, 2.05) is 19.9 Å². The summed E-state index contributed by atoms with van der Waals surface area (Å²) in [5.74, 6) is -0.847. The van der Waals surface area contributed by atoms with E-state index in [1.165, 1.54) is 40.0 Å². The number of amidine groups is 2. The maximum atomic E-state index is 13.3. The molecule has 2 aromatic carbocycles. The molecule has 0 atom stereocenters. The lowest BCUT2D eigenvalue weighted by Gasteiger charge is -2.20. The van der Waals surface area contributed by atoms with Crippen LogP contribution in [0.25, 0.3) is 11.8 Å². The van der Waals surface area contributed by atoms with Crippen molar-refractivity contribution in [3.8, 4) is 5.69 Å². The topological polar surface area (TPSA) is 73.8 Å². The second-order valence-electron chi connectivity index (χ2n) is 8.36. The second kappa shape index (κ2) is 8.22. The fraction of sp³-hybridized carbons (Fsp3) is 0.154. The first-order chi connectivity index (χ1) is 16.2. The molecule has 170 valence electrons. The van der Waals surface area contributed by atoms with Gasteiger partial charge in [0.1, 0.15) is 10.9 Å². The van der Waals surface area contributed by atoms with Gasteiger partial charge in [-0.3, -0.25) is 10.2 Å². The summed E-state index contributed by atoms with van der Waals surface area (Å²) in [7, 11) is 0. The molecule has 8 heteroatoms. The molecule has 0 radical (unpaired) electrons. The summed E-state index contributed by atoms with van der Waals surface area (Å²) in [6.45, 7) is 8.18. The number of carbonyl (C=O) groups excluding carboxylic acids is 1. The van der Waals surface area contributed by atoms with Gasteiger partial charge in [-0.15, -0.1) is 0 Å². The average molecular weight is 472 g/mol. The molecule has 0 fully saturated rings.